The summed E-state index contributed by atoms with van der Waals surface area (Å²) in [7, 11) is 0. The van der Waals surface area contributed by atoms with E-state index in [1.54, 1.807) is 5.48 Å². The van der Waals surface area contributed by atoms with Gasteiger partial charge in [-0.2, -0.15) is 0 Å². The Kier molecular flexibility index (Phi) is 4.38. The lowest BCUT2D eigenvalue weighted by Gasteiger charge is -2.36. The van der Waals surface area contributed by atoms with Gasteiger partial charge in [-0.05, 0) is 24.6 Å². The van der Waals surface area contributed by atoms with Crippen LogP contribution in [-0.4, -0.2) is 47.3 Å². The van der Waals surface area contributed by atoms with E-state index in [1.165, 1.54) is 23.6 Å². The molecule has 2 aromatic rings. The number of carbonyl (C=O) groups is 1. The van der Waals surface area contributed by atoms with Gasteiger partial charge >= 0.3 is 0 Å². The second kappa shape index (κ2) is 6.62. The maximum atomic E-state index is 11.3. The van der Waals surface area contributed by atoms with Gasteiger partial charge in [0.15, 0.2) is 0 Å². The number of nitrogens with one attached hydrogen (secondary N) is 1. The Morgan fingerprint density at radius 1 is 1.13 bits per heavy atom. The molecule has 2 heterocycles. The van der Waals surface area contributed by atoms with Gasteiger partial charge in [-0.3, -0.25) is 10.0 Å². The number of aryl methyl sites for hydroxylation is 1. The molecular formula is C16H19N5O2. The highest BCUT2D eigenvalue weighted by atomic mass is 16.5. The minimum Gasteiger partial charge on any atom is -0.368 e. The van der Waals surface area contributed by atoms with E-state index in [4.69, 9.17) is 5.21 Å². The van der Waals surface area contributed by atoms with Crippen LogP contribution in [0.25, 0.3) is 0 Å². The molecule has 1 amide bonds. The highest BCUT2D eigenvalue weighted by molar-refractivity contribution is 5.92. The number of hydrogen-bond donors (Lipinski definition) is 2. The van der Waals surface area contributed by atoms with Crippen molar-refractivity contribution in [1.29, 1.82) is 0 Å². The first kappa shape index (κ1) is 15.2. The molecule has 0 saturated carbocycles. The fraction of sp³-hybridized carbons (Fsp3) is 0.312. The van der Waals surface area contributed by atoms with Crippen LogP contribution >= 0.6 is 0 Å². The molecule has 1 aromatic carbocycles. The van der Waals surface area contributed by atoms with Gasteiger partial charge in [0.1, 0.15) is 0 Å². The zero-order chi connectivity index (χ0) is 16.2. The summed E-state index contributed by atoms with van der Waals surface area (Å²) in [6.07, 6.45) is 2.83. The van der Waals surface area contributed by atoms with Crippen molar-refractivity contribution in [3.8, 4) is 0 Å². The molecule has 1 aromatic heterocycles. The standard InChI is InChI=1S/C16H19N5O2/c1-12-3-2-4-14(9-12)20-5-7-21(8-6-20)16-17-10-13(11-18-16)15(22)19-23/h2-4,9-11,23H,5-8H2,1H3,(H,19,22). The summed E-state index contributed by atoms with van der Waals surface area (Å²) in [6.45, 7) is 5.52. The molecule has 0 aliphatic carbocycles. The second-order valence-electron chi connectivity index (χ2n) is 5.53. The molecule has 0 bridgehead atoms. The highest BCUT2D eigenvalue weighted by Gasteiger charge is 2.19. The number of amides is 1. The fourth-order valence-corrected chi connectivity index (χ4v) is 2.66. The molecule has 0 radical (unpaired) electrons. The smallest absolute Gasteiger partial charge is 0.277 e. The van der Waals surface area contributed by atoms with Crippen LogP contribution in [0, 0.1) is 6.92 Å². The third-order valence-electron chi connectivity index (χ3n) is 3.93. The van der Waals surface area contributed by atoms with Gasteiger partial charge in [0, 0.05) is 44.3 Å². The largest absolute Gasteiger partial charge is 0.368 e. The van der Waals surface area contributed by atoms with Gasteiger partial charge in [0.05, 0.1) is 5.56 Å². The summed E-state index contributed by atoms with van der Waals surface area (Å²) in [5.41, 5.74) is 4.29. The zero-order valence-electron chi connectivity index (χ0n) is 12.9. The second-order valence-corrected chi connectivity index (χ2v) is 5.53. The summed E-state index contributed by atoms with van der Waals surface area (Å²) in [5, 5.41) is 8.59. The number of aromatic nitrogens is 2. The number of nitrogens with zero attached hydrogens (tertiary/aromatic N) is 4. The molecule has 2 N–H and O–H groups in total. The van der Waals surface area contributed by atoms with Crippen LogP contribution in [-0.2, 0) is 0 Å². The van der Waals surface area contributed by atoms with E-state index < -0.39 is 5.91 Å². The first-order chi connectivity index (χ1) is 11.2. The van der Waals surface area contributed by atoms with Crippen LogP contribution in [0.3, 0.4) is 0 Å². The van der Waals surface area contributed by atoms with Crippen molar-refractivity contribution in [2.24, 2.45) is 0 Å². The molecule has 1 saturated heterocycles. The normalized spacial score (nSPS) is 14.7. The highest BCUT2D eigenvalue weighted by Crippen LogP contribution is 2.19. The number of piperazine rings is 1. The van der Waals surface area contributed by atoms with E-state index in [9.17, 15) is 4.79 Å². The predicted octanol–water partition coefficient (Wildman–Crippen LogP) is 1.23. The zero-order valence-corrected chi connectivity index (χ0v) is 12.9. The maximum absolute atomic E-state index is 11.3. The monoisotopic (exact) mass is 313 g/mol. The molecule has 0 spiro atoms. The minimum atomic E-state index is -0.610. The number of hydroxylamine groups is 1. The predicted molar refractivity (Wildman–Crippen MR) is 86.9 cm³/mol. The van der Waals surface area contributed by atoms with Crippen molar-refractivity contribution in [2.75, 3.05) is 36.0 Å². The summed E-state index contributed by atoms with van der Waals surface area (Å²) in [5.74, 6) is -0.0100. The van der Waals surface area contributed by atoms with Gasteiger partial charge in [0.25, 0.3) is 5.91 Å². The van der Waals surface area contributed by atoms with Gasteiger partial charge in [-0.1, -0.05) is 12.1 Å². The third-order valence-corrected chi connectivity index (χ3v) is 3.93. The van der Waals surface area contributed by atoms with Crippen molar-refractivity contribution in [2.45, 2.75) is 6.92 Å². The van der Waals surface area contributed by atoms with Gasteiger partial charge in [-0.25, -0.2) is 15.4 Å². The Morgan fingerprint density at radius 3 is 2.39 bits per heavy atom. The topological polar surface area (TPSA) is 81.6 Å². The number of anilines is 2. The van der Waals surface area contributed by atoms with Gasteiger partial charge < -0.3 is 9.80 Å². The fourth-order valence-electron chi connectivity index (χ4n) is 2.66. The van der Waals surface area contributed by atoms with E-state index >= 15 is 0 Å². The van der Waals surface area contributed by atoms with Crippen molar-refractivity contribution >= 4 is 17.5 Å². The Morgan fingerprint density at radius 2 is 1.78 bits per heavy atom. The number of carbonyl (C=O) groups excluding carboxylic acids is 1. The average Bonchev–Trinajstić information content (AvgIpc) is 2.61. The van der Waals surface area contributed by atoms with E-state index in [1.807, 2.05) is 0 Å². The maximum Gasteiger partial charge on any atom is 0.277 e. The Hall–Kier alpha value is -2.67. The van der Waals surface area contributed by atoms with Crippen LogP contribution < -0.4 is 15.3 Å². The summed E-state index contributed by atoms with van der Waals surface area (Å²) in [4.78, 5) is 24.1. The van der Waals surface area contributed by atoms with Crippen LogP contribution in [0.5, 0.6) is 0 Å². The molecule has 7 heteroatoms. The quantitative estimate of drug-likeness (QED) is 0.655. The molecule has 7 nitrogen and oxygen atoms in total. The van der Waals surface area contributed by atoms with Gasteiger partial charge in [0.2, 0.25) is 5.95 Å². The van der Waals surface area contributed by atoms with Crippen molar-refractivity contribution in [1.82, 2.24) is 15.4 Å². The molecule has 0 unspecified atom stereocenters. The lowest BCUT2D eigenvalue weighted by atomic mass is 10.2. The number of rotatable bonds is 3. The average molecular weight is 313 g/mol. The van der Waals surface area contributed by atoms with Crippen molar-refractivity contribution in [3.05, 3.63) is 47.8 Å². The molecule has 1 fully saturated rings. The van der Waals surface area contributed by atoms with Crippen molar-refractivity contribution < 1.29 is 10.0 Å². The Bertz CT molecular complexity index is 681. The summed E-state index contributed by atoms with van der Waals surface area (Å²) < 4.78 is 0. The van der Waals surface area contributed by atoms with E-state index in [-0.39, 0.29) is 5.56 Å². The minimum absolute atomic E-state index is 0.231. The number of hydrogen-bond acceptors (Lipinski definition) is 6. The summed E-state index contributed by atoms with van der Waals surface area (Å²) in [6, 6.07) is 8.48. The molecule has 3 rings (SSSR count). The lowest BCUT2D eigenvalue weighted by Crippen LogP contribution is -2.47. The molecule has 120 valence electrons. The molecular weight excluding hydrogens is 294 g/mol. The molecule has 23 heavy (non-hydrogen) atoms. The first-order valence-corrected chi connectivity index (χ1v) is 7.50. The van der Waals surface area contributed by atoms with Gasteiger partial charge in [-0.15, -0.1) is 0 Å². The molecule has 1 aliphatic heterocycles. The Balaban J connectivity index is 1.63. The third kappa shape index (κ3) is 3.40. The van der Waals surface area contributed by atoms with E-state index in [2.05, 4.69) is 51.0 Å². The molecule has 0 atom stereocenters. The lowest BCUT2D eigenvalue weighted by molar-refractivity contribution is 0.0705. The first-order valence-electron chi connectivity index (χ1n) is 7.50. The van der Waals surface area contributed by atoms with Crippen molar-refractivity contribution in [3.63, 3.8) is 0 Å². The SMILES string of the molecule is Cc1cccc(N2CCN(c3ncc(C(=O)NO)cn3)CC2)c1. The Labute approximate surface area is 134 Å². The summed E-state index contributed by atoms with van der Waals surface area (Å²) >= 11 is 0. The van der Waals surface area contributed by atoms with Crippen LogP contribution in [0.2, 0.25) is 0 Å². The number of benzene rings is 1. The molecule has 1 aliphatic rings. The van der Waals surface area contributed by atoms with E-state index in [0.29, 0.717) is 5.95 Å². The van der Waals surface area contributed by atoms with Crippen LogP contribution in [0.15, 0.2) is 36.7 Å². The van der Waals surface area contributed by atoms with E-state index in [0.717, 1.165) is 26.2 Å². The van der Waals surface area contributed by atoms with Crippen LogP contribution in [0.1, 0.15) is 15.9 Å². The van der Waals surface area contributed by atoms with Crippen LogP contribution in [0.4, 0.5) is 11.6 Å².